The van der Waals surface area contributed by atoms with Gasteiger partial charge < -0.3 is 5.32 Å². The van der Waals surface area contributed by atoms with Gasteiger partial charge in [-0.2, -0.15) is 12.6 Å². The predicted molar refractivity (Wildman–Crippen MR) is 61.0 cm³/mol. The highest BCUT2D eigenvalue weighted by Crippen LogP contribution is 2.13. The van der Waals surface area contributed by atoms with Crippen LogP contribution in [0.1, 0.15) is 19.8 Å². The van der Waals surface area contributed by atoms with Crippen LogP contribution in [0.2, 0.25) is 0 Å². The zero-order chi connectivity index (χ0) is 10.6. The number of nitrogens with one attached hydrogen (secondary N) is 2. The summed E-state index contributed by atoms with van der Waals surface area (Å²) in [6.45, 7) is 3.57. The molecule has 0 amide bonds. The fourth-order valence-corrected chi connectivity index (χ4v) is 3.72. The smallest absolute Gasteiger partial charge is 0.212 e. The molecule has 2 N–H and O–H groups in total. The van der Waals surface area contributed by atoms with E-state index in [1.807, 2.05) is 0 Å². The van der Waals surface area contributed by atoms with Crippen LogP contribution in [0.25, 0.3) is 0 Å². The van der Waals surface area contributed by atoms with Crippen molar-refractivity contribution >= 4 is 22.7 Å². The molecule has 4 nitrogen and oxygen atoms in total. The highest BCUT2D eigenvalue weighted by Gasteiger charge is 2.21. The molecule has 1 rings (SSSR count). The summed E-state index contributed by atoms with van der Waals surface area (Å²) in [4.78, 5) is 0. The van der Waals surface area contributed by atoms with Crippen molar-refractivity contribution in [2.24, 2.45) is 5.92 Å². The van der Waals surface area contributed by atoms with Gasteiger partial charge in [0.2, 0.25) is 10.0 Å². The summed E-state index contributed by atoms with van der Waals surface area (Å²) < 4.78 is 25.5. The van der Waals surface area contributed by atoms with Gasteiger partial charge in [-0.1, -0.05) is 0 Å². The van der Waals surface area contributed by atoms with E-state index in [1.165, 1.54) is 0 Å². The van der Waals surface area contributed by atoms with E-state index >= 15 is 0 Å². The third-order valence-electron chi connectivity index (χ3n) is 2.26. The third-order valence-corrected chi connectivity index (χ3v) is 4.19. The molecule has 1 unspecified atom stereocenters. The van der Waals surface area contributed by atoms with Gasteiger partial charge in [0, 0.05) is 0 Å². The maximum Gasteiger partial charge on any atom is 0.212 e. The Kier molecular flexibility index (Phi) is 4.69. The van der Waals surface area contributed by atoms with Crippen molar-refractivity contribution in [2.75, 3.05) is 18.8 Å². The van der Waals surface area contributed by atoms with Gasteiger partial charge in [-0.25, -0.2) is 13.1 Å². The van der Waals surface area contributed by atoms with Crippen LogP contribution in [-0.4, -0.2) is 32.6 Å². The topological polar surface area (TPSA) is 58.2 Å². The van der Waals surface area contributed by atoms with Crippen LogP contribution in [0.15, 0.2) is 0 Å². The number of rotatable bonds is 4. The molecule has 0 spiro atoms. The minimum absolute atomic E-state index is 0.236. The van der Waals surface area contributed by atoms with Gasteiger partial charge in [-0.15, -0.1) is 0 Å². The van der Waals surface area contributed by atoms with Crippen LogP contribution in [-0.2, 0) is 10.0 Å². The van der Waals surface area contributed by atoms with E-state index in [1.54, 1.807) is 6.92 Å². The maximum absolute atomic E-state index is 11.5. The molecular weight excluding hydrogens is 220 g/mol. The van der Waals surface area contributed by atoms with Crippen molar-refractivity contribution in [3.63, 3.8) is 0 Å². The summed E-state index contributed by atoms with van der Waals surface area (Å²) in [5, 5.41) is 2.91. The molecule has 14 heavy (non-hydrogen) atoms. The highest BCUT2D eigenvalue weighted by atomic mass is 32.2. The maximum atomic E-state index is 11.5. The summed E-state index contributed by atoms with van der Waals surface area (Å²) in [6, 6.07) is 0. The van der Waals surface area contributed by atoms with Crippen molar-refractivity contribution in [3.8, 4) is 0 Å². The first kappa shape index (κ1) is 12.3. The monoisotopic (exact) mass is 238 g/mol. The normalized spacial score (nSPS) is 22.1. The average molecular weight is 238 g/mol. The molecule has 0 aromatic heterocycles. The first-order valence-corrected chi connectivity index (χ1v) is 7.05. The molecule has 1 fully saturated rings. The van der Waals surface area contributed by atoms with Crippen molar-refractivity contribution in [3.05, 3.63) is 0 Å². The largest absolute Gasteiger partial charge is 0.317 e. The van der Waals surface area contributed by atoms with Crippen molar-refractivity contribution in [1.29, 1.82) is 0 Å². The Bertz CT molecular complexity index is 259. The van der Waals surface area contributed by atoms with Crippen LogP contribution in [0.5, 0.6) is 0 Å². The molecule has 1 heterocycles. The Morgan fingerprint density at radius 1 is 1.50 bits per heavy atom. The zero-order valence-electron chi connectivity index (χ0n) is 8.36. The molecule has 0 bridgehead atoms. The lowest BCUT2D eigenvalue weighted by Gasteiger charge is -2.22. The second kappa shape index (κ2) is 5.34. The Morgan fingerprint density at radius 2 is 2.07 bits per heavy atom. The lowest BCUT2D eigenvalue weighted by molar-refractivity contribution is 0.400. The van der Waals surface area contributed by atoms with Crippen LogP contribution in [0.4, 0.5) is 0 Å². The van der Waals surface area contributed by atoms with E-state index in [0.717, 1.165) is 25.9 Å². The fraction of sp³-hybridized carbons (Fsp3) is 1.00. The van der Waals surface area contributed by atoms with Gasteiger partial charge in [0.1, 0.15) is 0 Å². The van der Waals surface area contributed by atoms with E-state index in [0.29, 0.717) is 5.92 Å². The fourth-order valence-electron chi connectivity index (χ4n) is 1.67. The summed E-state index contributed by atoms with van der Waals surface area (Å²) in [6.07, 6.45) is 1.89. The standard InChI is InChI=1S/C8H18N2O2S2/c1-7(13)10-14(11,12)6-8-2-4-9-5-3-8/h7-10,13H,2-6H2,1H3. The number of hydrogen-bond donors (Lipinski definition) is 3. The van der Waals surface area contributed by atoms with Gasteiger partial charge >= 0.3 is 0 Å². The van der Waals surface area contributed by atoms with Gasteiger partial charge in [0.05, 0.1) is 11.1 Å². The van der Waals surface area contributed by atoms with Crippen molar-refractivity contribution in [2.45, 2.75) is 25.1 Å². The number of sulfonamides is 1. The van der Waals surface area contributed by atoms with Crippen LogP contribution in [0, 0.1) is 5.92 Å². The molecular formula is C8H18N2O2S2. The number of hydrogen-bond acceptors (Lipinski definition) is 4. The minimum Gasteiger partial charge on any atom is -0.317 e. The molecule has 0 aliphatic carbocycles. The van der Waals surface area contributed by atoms with Gasteiger partial charge in [-0.3, -0.25) is 0 Å². The molecule has 0 radical (unpaired) electrons. The van der Waals surface area contributed by atoms with E-state index in [2.05, 4.69) is 22.7 Å². The Labute approximate surface area is 91.3 Å². The molecule has 6 heteroatoms. The Hall–Kier alpha value is 0.220. The SMILES string of the molecule is CC(S)NS(=O)(=O)CC1CCNCC1. The first-order valence-electron chi connectivity index (χ1n) is 4.88. The predicted octanol–water partition coefficient (Wildman–Crippen LogP) is 0.181. The Balaban J connectivity index is 2.41. The summed E-state index contributed by atoms with van der Waals surface area (Å²) in [7, 11) is -3.13. The van der Waals surface area contributed by atoms with Gasteiger partial charge in [0.15, 0.2) is 0 Å². The molecule has 0 aromatic carbocycles. The average Bonchev–Trinajstić information content (AvgIpc) is 2.02. The van der Waals surface area contributed by atoms with Crippen LogP contribution < -0.4 is 10.0 Å². The molecule has 1 aliphatic heterocycles. The molecule has 84 valence electrons. The second-order valence-electron chi connectivity index (χ2n) is 3.77. The lowest BCUT2D eigenvalue weighted by atomic mass is 10.0. The quantitative estimate of drug-likeness (QED) is 0.484. The van der Waals surface area contributed by atoms with E-state index < -0.39 is 10.0 Å². The lowest BCUT2D eigenvalue weighted by Crippen LogP contribution is -2.37. The number of thiol groups is 1. The minimum atomic E-state index is -3.13. The molecule has 0 aromatic rings. The number of piperidine rings is 1. The van der Waals surface area contributed by atoms with Crippen molar-refractivity contribution < 1.29 is 8.42 Å². The summed E-state index contributed by atoms with van der Waals surface area (Å²) in [5.41, 5.74) is 0. The Morgan fingerprint density at radius 3 is 2.57 bits per heavy atom. The van der Waals surface area contributed by atoms with Crippen molar-refractivity contribution in [1.82, 2.24) is 10.0 Å². The first-order chi connectivity index (χ1) is 6.49. The summed E-state index contributed by atoms with van der Waals surface area (Å²) >= 11 is 4.01. The highest BCUT2D eigenvalue weighted by molar-refractivity contribution is 7.90. The molecule has 1 atom stereocenters. The summed E-state index contributed by atoms with van der Waals surface area (Å²) in [5.74, 6) is 0.528. The van der Waals surface area contributed by atoms with Crippen LogP contribution in [0.3, 0.4) is 0 Å². The molecule has 0 saturated carbocycles. The molecule has 1 saturated heterocycles. The second-order valence-corrected chi connectivity index (χ2v) is 6.34. The zero-order valence-corrected chi connectivity index (χ0v) is 10.1. The van der Waals surface area contributed by atoms with E-state index in [4.69, 9.17) is 0 Å². The van der Waals surface area contributed by atoms with E-state index in [9.17, 15) is 8.42 Å². The molecule has 1 aliphatic rings. The third kappa shape index (κ3) is 4.63. The van der Waals surface area contributed by atoms with Crippen LogP contribution >= 0.6 is 12.6 Å². The van der Waals surface area contributed by atoms with Gasteiger partial charge in [-0.05, 0) is 38.8 Å². The van der Waals surface area contributed by atoms with E-state index in [-0.39, 0.29) is 11.1 Å². The van der Waals surface area contributed by atoms with Gasteiger partial charge in [0.25, 0.3) is 0 Å².